The van der Waals surface area contributed by atoms with Gasteiger partial charge in [0.05, 0.1) is 41.3 Å². The number of aromatic hydroxyl groups is 1. The number of carboxylic acid groups (broad SMARTS) is 1. The Morgan fingerprint density at radius 2 is 1.71 bits per heavy atom. The Labute approximate surface area is 244 Å². The van der Waals surface area contributed by atoms with E-state index in [1.807, 2.05) is 68.1 Å². The summed E-state index contributed by atoms with van der Waals surface area (Å²) in [4.78, 5) is 36.8. The van der Waals surface area contributed by atoms with E-state index in [2.05, 4.69) is 9.88 Å². The van der Waals surface area contributed by atoms with Gasteiger partial charge in [0.25, 0.3) is 0 Å². The lowest BCUT2D eigenvalue weighted by Crippen LogP contribution is -2.49. The summed E-state index contributed by atoms with van der Waals surface area (Å²) in [6.45, 7) is 8.54. The second-order valence-corrected chi connectivity index (χ2v) is 11.3. The Kier molecular flexibility index (Phi) is 7.30. The Morgan fingerprint density at radius 1 is 1.00 bits per heavy atom. The van der Waals surface area contributed by atoms with Crippen LogP contribution < -0.4 is 4.90 Å². The van der Waals surface area contributed by atoms with Gasteiger partial charge in [0.15, 0.2) is 5.88 Å². The van der Waals surface area contributed by atoms with Crippen LogP contribution in [0.1, 0.15) is 46.5 Å². The Hall–Kier alpha value is -4.47. The molecule has 2 unspecified atom stereocenters. The number of carboxylic acids is 1. The van der Waals surface area contributed by atoms with Crippen molar-refractivity contribution >= 4 is 39.9 Å². The van der Waals surface area contributed by atoms with Crippen LogP contribution >= 0.6 is 0 Å². The molecule has 3 heterocycles. The van der Waals surface area contributed by atoms with Crippen molar-refractivity contribution in [3.05, 3.63) is 88.5 Å². The van der Waals surface area contributed by atoms with Crippen LogP contribution in [0.2, 0.25) is 0 Å². The first-order valence-electron chi connectivity index (χ1n) is 14.2. The number of H-pyrrole nitrogens is 1. The highest BCUT2D eigenvalue weighted by Crippen LogP contribution is 2.35. The summed E-state index contributed by atoms with van der Waals surface area (Å²) in [7, 11) is 0. The highest BCUT2D eigenvalue weighted by molar-refractivity contribution is 6.22. The molecule has 2 aliphatic heterocycles. The van der Waals surface area contributed by atoms with Crippen LogP contribution in [-0.4, -0.2) is 76.1 Å². The number of aromatic nitrogens is 1. The molecule has 3 N–H and O–H groups in total. The van der Waals surface area contributed by atoms with Crippen molar-refractivity contribution in [1.29, 1.82) is 0 Å². The minimum absolute atomic E-state index is 0.0797. The number of hydrogen-bond donors (Lipinski definition) is 3. The summed E-state index contributed by atoms with van der Waals surface area (Å²) in [6.07, 6.45) is 0.939. The summed E-state index contributed by atoms with van der Waals surface area (Å²) in [5, 5.41) is 21.1. The first kappa shape index (κ1) is 27.7. The van der Waals surface area contributed by atoms with Crippen molar-refractivity contribution in [2.75, 3.05) is 31.1 Å². The molecule has 4 aromatic rings. The molecule has 0 bridgehead atoms. The first-order chi connectivity index (χ1) is 20.2. The van der Waals surface area contributed by atoms with Gasteiger partial charge < -0.3 is 24.8 Å². The van der Waals surface area contributed by atoms with E-state index in [1.54, 1.807) is 6.07 Å². The van der Waals surface area contributed by atoms with Crippen molar-refractivity contribution in [3.8, 4) is 5.88 Å². The average Bonchev–Trinajstić information content (AvgIpc) is 3.51. The van der Waals surface area contributed by atoms with Gasteiger partial charge in [-0.2, -0.15) is 0 Å². The van der Waals surface area contributed by atoms with Crippen LogP contribution in [0, 0.1) is 6.92 Å². The second-order valence-electron chi connectivity index (χ2n) is 11.3. The quantitative estimate of drug-likeness (QED) is 0.281. The maximum atomic E-state index is 13.3. The van der Waals surface area contributed by atoms with Crippen molar-refractivity contribution in [1.82, 2.24) is 9.88 Å². The average molecular weight is 567 g/mol. The summed E-state index contributed by atoms with van der Waals surface area (Å²) in [6, 6.07) is 18.5. The zero-order valence-electron chi connectivity index (χ0n) is 23.9. The van der Waals surface area contributed by atoms with Gasteiger partial charge in [-0.3, -0.25) is 9.69 Å². The molecule has 6 rings (SSSR count). The van der Waals surface area contributed by atoms with Crippen molar-refractivity contribution < 1.29 is 24.5 Å². The molecule has 216 valence electrons. The molecule has 0 spiro atoms. The highest BCUT2D eigenvalue weighted by atomic mass is 16.5. The van der Waals surface area contributed by atoms with Gasteiger partial charge in [-0.1, -0.05) is 35.9 Å². The summed E-state index contributed by atoms with van der Waals surface area (Å²) in [5.74, 6) is -1.05. The van der Waals surface area contributed by atoms with Crippen molar-refractivity contribution in [3.63, 3.8) is 0 Å². The lowest BCUT2D eigenvalue weighted by Gasteiger charge is -2.35. The molecule has 1 saturated heterocycles. The number of hydrogen-bond acceptors (Lipinski definition) is 6. The Morgan fingerprint density at radius 3 is 2.43 bits per heavy atom. The minimum atomic E-state index is -1.04. The molecule has 1 fully saturated rings. The van der Waals surface area contributed by atoms with Crippen LogP contribution in [-0.2, 0) is 16.0 Å². The SMILES string of the molecule is Cc1ccc(C(=Nc2ccc3c(c2)CCN3C(=O)CN2CC(C)OC(C)C2)c2c(O)[nH]c3cc(C(=O)O)ccc23)cc1. The van der Waals surface area contributed by atoms with Gasteiger partial charge in [-0.15, -0.1) is 0 Å². The molecule has 42 heavy (non-hydrogen) atoms. The van der Waals surface area contributed by atoms with E-state index in [0.29, 0.717) is 41.0 Å². The van der Waals surface area contributed by atoms with E-state index in [4.69, 9.17) is 9.73 Å². The number of amides is 1. The molecule has 3 aromatic carbocycles. The highest BCUT2D eigenvalue weighted by Gasteiger charge is 2.29. The fourth-order valence-electron chi connectivity index (χ4n) is 6.07. The van der Waals surface area contributed by atoms with Gasteiger partial charge in [-0.05, 0) is 63.1 Å². The lowest BCUT2D eigenvalue weighted by atomic mass is 9.99. The molecule has 0 radical (unpaired) electrons. The largest absolute Gasteiger partial charge is 0.494 e. The molecule has 9 heteroatoms. The van der Waals surface area contributed by atoms with Crippen LogP contribution in [0.3, 0.4) is 0 Å². The van der Waals surface area contributed by atoms with E-state index in [9.17, 15) is 19.8 Å². The van der Waals surface area contributed by atoms with E-state index >= 15 is 0 Å². The maximum Gasteiger partial charge on any atom is 0.335 e. The molecule has 0 saturated carbocycles. The molecular weight excluding hydrogens is 532 g/mol. The number of fused-ring (bicyclic) bond motifs is 2. The molecule has 9 nitrogen and oxygen atoms in total. The van der Waals surface area contributed by atoms with E-state index in [0.717, 1.165) is 41.9 Å². The Bertz CT molecular complexity index is 1700. The molecule has 2 aliphatic rings. The van der Waals surface area contributed by atoms with E-state index in [-0.39, 0.29) is 29.6 Å². The lowest BCUT2D eigenvalue weighted by molar-refractivity contribution is -0.123. The number of aromatic amines is 1. The first-order valence-corrected chi connectivity index (χ1v) is 14.2. The minimum Gasteiger partial charge on any atom is -0.494 e. The third-order valence-corrected chi connectivity index (χ3v) is 7.94. The predicted molar refractivity (Wildman–Crippen MR) is 162 cm³/mol. The number of carbonyl (C=O) groups excluding carboxylic acids is 1. The number of morpholine rings is 1. The summed E-state index contributed by atoms with van der Waals surface area (Å²) >= 11 is 0. The standard InChI is InChI=1S/C33H34N4O5/c1-19-4-6-22(7-5-19)31(30-26-10-8-24(33(40)41)15-27(26)35-32(30)39)34-25-9-11-28-23(14-25)12-13-37(28)29(38)18-36-16-20(2)42-21(3)17-36/h4-11,14-15,20-21,35,39H,12-13,16-18H2,1-3H3,(H,40,41). The van der Waals surface area contributed by atoms with Gasteiger partial charge in [-0.25, -0.2) is 9.79 Å². The second kappa shape index (κ2) is 11.1. The third kappa shape index (κ3) is 5.41. The number of carbonyl (C=O) groups is 2. The summed E-state index contributed by atoms with van der Waals surface area (Å²) in [5.41, 5.74) is 6.24. The number of aromatic carboxylic acids is 1. The number of ether oxygens (including phenoxy) is 1. The molecule has 1 amide bonds. The monoisotopic (exact) mass is 566 g/mol. The molecular formula is C33H34N4O5. The molecule has 1 aromatic heterocycles. The van der Waals surface area contributed by atoms with E-state index < -0.39 is 5.97 Å². The van der Waals surface area contributed by atoms with Crippen molar-refractivity contribution in [2.45, 2.75) is 39.4 Å². The smallest absolute Gasteiger partial charge is 0.335 e. The van der Waals surface area contributed by atoms with Crippen LogP contribution in [0.5, 0.6) is 5.88 Å². The number of aryl methyl sites for hydroxylation is 1. The van der Waals surface area contributed by atoms with Gasteiger partial charge in [0.2, 0.25) is 5.91 Å². The van der Waals surface area contributed by atoms with Gasteiger partial charge >= 0.3 is 5.97 Å². The molecule has 2 atom stereocenters. The van der Waals surface area contributed by atoms with Gasteiger partial charge in [0, 0.05) is 41.8 Å². The van der Waals surface area contributed by atoms with Crippen LogP contribution in [0.15, 0.2) is 65.7 Å². The van der Waals surface area contributed by atoms with E-state index in [1.165, 1.54) is 12.1 Å². The van der Waals surface area contributed by atoms with Gasteiger partial charge in [0.1, 0.15) is 0 Å². The molecule has 0 aliphatic carbocycles. The zero-order valence-corrected chi connectivity index (χ0v) is 23.9. The zero-order chi connectivity index (χ0) is 29.5. The maximum absolute atomic E-state index is 13.3. The summed E-state index contributed by atoms with van der Waals surface area (Å²) < 4.78 is 5.81. The van der Waals surface area contributed by atoms with Crippen molar-refractivity contribution in [2.24, 2.45) is 4.99 Å². The number of nitrogens with one attached hydrogen (secondary N) is 1. The number of nitrogens with zero attached hydrogens (tertiary/aromatic N) is 3. The fraction of sp³-hybridized carbons (Fsp3) is 0.303. The number of anilines is 1. The van der Waals surface area contributed by atoms with Crippen LogP contribution in [0.25, 0.3) is 10.9 Å². The number of benzene rings is 3. The fourth-order valence-corrected chi connectivity index (χ4v) is 6.07. The predicted octanol–water partition coefficient (Wildman–Crippen LogP) is 5.05. The topological polar surface area (TPSA) is 118 Å². The van der Waals surface area contributed by atoms with Crippen LogP contribution in [0.4, 0.5) is 11.4 Å². The third-order valence-electron chi connectivity index (χ3n) is 7.94. The Balaban J connectivity index is 1.34. The number of rotatable bonds is 6. The normalized spacial score (nSPS) is 19.3. The number of aliphatic imine (C=N–C) groups is 1.